The molecule has 2 atom stereocenters. The number of likely N-dealkylation sites (tertiary alicyclic amines) is 2. The molecule has 1 aliphatic carbocycles. The molecule has 1 aromatic heterocycles. The SMILES string of the molecule is CCCCC1CN(CC2CCCC(F)(F)C2)C(=O)OC12CCN(C1(C)CCN(C(=O)c3c(C)ncnc3C)CC1)CC2. The summed E-state index contributed by atoms with van der Waals surface area (Å²) in [6, 6.07) is 0. The zero-order valence-electron chi connectivity index (χ0n) is 26.0. The van der Waals surface area contributed by atoms with E-state index in [9.17, 15) is 18.4 Å². The summed E-state index contributed by atoms with van der Waals surface area (Å²) in [4.78, 5) is 41.3. The second-order valence-electron chi connectivity index (χ2n) is 13.7. The molecular weight excluding hydrogens is 540 g/mol. The summed E-state index contributed by atoms with van der Waals surface area (Å²) < 4.78 is 34.5. The Morgan fingerprint density at radius 2 is 1.71 bits per heavy atom. The fourth-order valence-electron chi connectivity index (χ4n) is 8.03. The molecule has 2 amide bonds. The van der Waals surface area contributed by atoms with Crippen LogP contribution in [-0.4, -0.2) is 93.0 Å². The first-order valence-electron chi connectivity index (χ1n) is 16.1. The Hall–Kier alpha value is -2.36. The van der Waals surface area contributed by atoms with Gasteiger partial charge in [-0.05, 0) is 58.8 Å². The fraction of sp³-hybridized carbons (Fsp3) is 0.812. The van der Waals surface area contributed by atoms with Gasteiger partial charge in [0.1, 0.15) is 11.9 Å². The van der Waals surface area contributed by atoms with Gasteiger partial charge in [-0.1, -0.05) is 19.8 Å². The number of hydrogen-bond donors (Lipinski definition) is 0. The molecule has 0 bridgehead atoms. The monoisotopic (exact) mass is 589 g/mol. The summed E-state index contributed by atoms with van der Waals surface area (Å²) in [6.07, 6.45) is 8.76. The molecule has 0 N–H and O–H groups in total. The van der Waals surface area contributed by atoms with Gasteiger partial charge in [-0.2, -0.15) is 0 Å². The van der Waals surface area contributed by atoms with Gasteiger partial charge in [-0.15, -0.1) is 0 Å². The van der Waals surface area contributed by atoms with Crippen LogP contribution >= 0.6 is 0 Å². The lowest BCUT2D eigenvalue weighted by Crippen LogP contribution is -2.64. The highest BCUT2D eigenvalue weighted by atomic mass is 19.3. The van der Waals surface area contributed by atoms with Crippen molar-refractivity contribution in [2.75, 3.05) is 39.3 Å². The number of piperidine rings is 2. The molecule has 10 heteroatoms. The van der Waals surface area contributed by atoms with Crippen molar-refractivity contribution in [1.29, 1.82) is 0 Å². The molecule has 4 fully saturated rings. The van der Waals surface area contributed by atoms with Gasteiger partial charge in [0.2, 0.25) is 5.92 Å². The number of alkyl halides is 2. The molecule has 3 aliphatic heterocycles. The van der Waals surface area contributed by atoms with Crippen LogP contribution in [0.2, 0.25) is 0 Å². The first-order chi connectivity index (χ1) is 20.0. The molecule has 234 valence electrons. The second-order valence-corrected chi connectivity index (χ2v) is 13.7. The molecule has 1 saturated carbocycles. The number of carbonyl (C=O) groups is 2. The fourth-order valence-corrected chi connectivity index (χ4v) is 8.03. The Balaban J connectivity index is 1.20. The van der Waals surface area contributed by atoms with Crippen molar-refractivity contribution in [2.24, 2.45) is 11.8 Å². The number of halogens is 2. The Morgan fingerprint density at radius 1 is 1.05 bits per heavy atom. The van der Waals surface area contributed by atoms with Gasteiger partial charge in [-0.3, -0.25) is 9.69 Å². The maximum atomic E-state index is 14.1. The minimum atomic E-state index is -2.62. The lowest BCUT2D eigenvalue weighted by molar-refractivity contribution is -0.136. The van der Waals surface area contributed by atoms with E-state index in [1.807, 2.05) is 18.7 Å². The summed E-state index contributed by atoms with van der Waals surface area (Å²) in [5.41, 5.74) is 1.55. The highest BCUT2D eigenvalue weighted by Crippen LogP contribution is 2.44. The molecule has 0 radical (unpaired) electrons. The summed E-state index contributed by atoms with van der Waals surface area (Å²) in [5.74, 6) is -2.55. The minimum Gasteiger partial charge on any atom is -0.442 e. The predicted molar refractivity (Wildman–Crippen MR) is 157 cm³/mol. The highest BCUT2D eigenvalue weighted by molar-refractivity contribution is 5.96. The van der Waals surface area contributed by atoms with Crippen LogP contribution in [0.5, 0.6) is 0 Å². The number of carbonyl (C=O) groups excluding carboxylic acids is 2. The second kappa shape index (κ2) is 12.3. The van der Waals surface area contributed by atoms with E-state index in [0.29, 0.717) is 38.2 Å². The van der Waals surface area contributed by atoms with Crippen molar-refractivity contribution >= 4 is 12.0 Å². The van der Waals surface area contributed by atoms with Crippen molar-refractivity contribution in [1.82, 2.24) is 24.7 Å². The van der Waals surface area contributed by atoms with E-state index in [0.717, 1.165) is 75.8 Å². The number of aromatic nitrogens is 2. The Labute approximate surface area is 249 Å². The van der Waals surface area contributed by atoms with Gasteiger partial charge >= 0.3 is 6.09 Å². The number of unbranched alkanes of at least 4 members (excludes halogenated alkanes) is 1. The molecule has 3 saturated heterocycles. The third kappa shape index (κ3) is 6.43. The average molecular weight is 590 g/mol. The molecule has 4 aliphatic rings. The van der Waals surface area contributed by atoms with Gasteiger partial charge in [0, 0.05) is 76.4 Å². The Morgan fingerprint density at radius 3 is 2.33 bits per heavy atom. The summed E-state index contributed by atoms with van der Waals surface area (Å²) >= 11 is 0. The third-order valence-electron chi connectivity index (χ3n) is 10.8. The molecule has 42 heavy (non-hydrogen) atoms. The predicted octanol–water partition coefficient (Wildman–Crippen LogP) is 6.01. The van der Waals surface area contributed by atoms with Crippen molar-refractivity contribution in [3.63, 3.8) is 0 Å². The van der Waals surface area contributed by atoms with Crippen molar-refractivity contribution in [3.05, 3.63) is 23.3 Å². The minimum absolute atomic E-state index is 0.0135. The molecule has 5 rings (SSSR count). The third-order valence-corrected chi connectivity index (χ3v) is 10.8. The maximum absolute atomic E-state index is 14.1. The first-order valence-corrected chi connectivity index (χ1v) is 16.1. The zero-order chi connectivity index (χ0) is 30.1. The lowest BCUT2D eigenvalue weighted by atomic mass is 9.74. The van der Waals surface area contributed by atoms with Crippen molar-refractivity contribution in [3.8, 4) is 0 Å². The van der Waals surface area contributed by atoms with Crippen LogP contribution in [0.1, 0.15) is 106 Å². The molecule has 1 spiro atoms. The largest absolute Gasteiger partial charge is 0.442 e. The van der Waals surface area contributed by atoms with Crippen molar-refractivity contribution < 1.29 is 23.1 Å². The topological polar surface area (TPSA) is 78.9 Å². The van der Waals surface area contributed by atoms with Gasteiger partial charge in [0.15, 0.2) is 0 Å². The van der Waals surface area contributed by atoms with E-state index in [-0.39, 0.29) is 42.2 Å². The molecule has 8 nitrogen and oxygen atoms in total. The van der Waals surface area contributed by atoms with E-state index < -0.39 is 11.5 Å². The highest BCUT2D eigenvalue weighted by Gasteiger charge is 2.52. The quantitative estimate of drug-likeness (QED) is 0.388. The normalized spacial score (nSPS) is 27.6. The van der Waals surface area contributed by atoms with Gasteiger partial charge < -0.3 is 14.5 Å². The summed E-state index contributed by atoms with van der Waals surface area (Å²) in [7, 11) is 0. The molecular formula is C32H49F2N5O3. The van der Waals surface area contributed by atoms with E-state index in [4.69, 9.17) is 4.74 Å². The molecule has 1 aromatic rings. The number of amides is 2. The Bertz CT molecular complexity index is 1110. The van der Waals surface area contributed by atoms with E-state index in [1.54, 1.807) is 4.90 Å². The number of ether oxygens (including phenoxy) is 1. The van der Waals surface area contributed by atoms with Crippen LogP contribution < -0.4 is 0 Å². The Kier molecular flexibility index (Phi) is 9.12. The van der Waals surface area contributed by atoms with Crippen LogP contribution in [0, 0.1) is 25.7 Å². The number of rotatable bonds is 7. The molecule has 2 unspecified atom stereocenters. The van der Waals surface area contributed by atoms with Gasteiger partial charge in [-0.25, -0.2) is 23.5 Å². The van der Waals surface area contributed by atoms with Crippen LogP contribution in [0.25, 0.3) is 0 Å². The summed E-state index contributed by atoms with van der Waals surface area (Å²) in [6.45, 7) is 12.3. The first kappa shape index (κ1) is 31.1. The standard InChI is InChI=1S/C32H49F2N5O3/c1-5-6-9-26-21-38(20-25-8-7-10-32(33,34)19-25)29(41)42-31(26)13-17-39(18-14-31)30(4)11-15-37(16-12-30)28(40)27-23(2)35-22-36-24(27)3/h22,25-26H,5-21H2,1-4H3. The zero-order valence-corrected chi connectivity index (χ0v) is 26.0. The van der Waals surface area contributed by atoms with Crippen LogP contribution in [0.4, 0.5) is 13.6 Å². The van der Waals surface area contributed by atoms with E-state index in [2.05, 4.69) is 28.7 Å². The number of hydrogen-bond acceptors (Lipinski definition) is 6. The van der Waals surface area contributed by atoms with Crippen LogP contribution in [-0.2, 0) is 4.74 Å². The molecule has 4 heterocycles. The van der Waals surface area contributed by atoms with Crippen LogP contribution in [0.3, 0.4) is 0 Å². The van der Waals surface area contributed by atoms with Gasteiger partial charge in [0.25, 0.3) is 5.91 Å². The van der Waals surface area contributed by atoms with Gasteiger partial charge in [0.05, 0.1) is 17.0 Å². The van der Waals surface area contributed by atoms with Crippen LogP contribution in [0.15, 0.2) is 6.33 Å². The number of aryl methyl sites for hydroxylation is 2. The molecule has 0 aromatic carbocycles. The smallest absolute Gasteiger partial charge is 0.410 e. The van der Waals surface area contributed by atoms with E-state index >= 15 is 0 Å². The number of nitrogens with zero attached hydrogens (tertiary/aromatic N) is 5. The average Bonchev–Trinajstić information content (AvgIpc) is 2.94. The van der Waals surface area contributed by atoms with Crippen molar-refractivity contribution in [2.45, 2.75) is 115 Å². The van der Waals surface area contributed by atoms with E-state index in [1.165, 1.54) is 6.33 Å². The lowest BCUT2D eigenvalue weighted by Gasteiger charge is -2.55. The summed E-state index contributed by atoms with van der Waals surface area (Å²) in [5, 5.41) is 0. The maximum Gasteiger partial charge on any atom is 0.410 e.